The molecule has 0 saturated heterocycles. The van der Waals surface area contributed by atoms with Gasteiger partial charge in [-0.05, 0) is 35.9 Å². The summed E-state index contributed by atoms with van der Waals surface area (Å²) in [5, 5.41) is 6.28. The lowest BCUT2D eigenvalue weighted by molar-refractivity contribution is 0.0951. The zero-order valence-electron chi connectivity index (χ0n) is 17.6. The summed E-state index contributed by atoms with van der Waals surface area (Å²) in [6.45, 7) is 0.416. The molecule has 4 rings (SSSR count). The maximum Gasteiger partial charge on any atom is 0.253 e. The fraction of sp³-hybridized carbons (Fsp3) is 0.120. The molecule has 0 bridgehead atoms. The maximum atomic E-state index is 12.3. The number of carbonyl (C=O) groups excluding carboxylic acids is 1. The van der Waals surface area contributed by atoms with Gasteiger partial charge in [0.2, 0.25) is 0 Å². The minimum Gasteiger partial charge on any atom is -0.493 e. The SMILES string of the molecule is COc1ccc(-c2csc(-c3ccc(CNC(=O)c4ccccc4Cl)cc3)n2)cc1OC. The zero-order valence-corrected chi connectivity index (χ0v) is 19.2. The summed E-state index contributed by atoms with van der Waals surface area (Å²) in [5.74, 6) is 1.16. The van der Waals surface area contributed by atoms with E-state index >= 15 is 0 Å². The number of amides is 1. The second kappa shape index (κ2) is 9.85. The van der Waals surface area contributed by atoms with Crippen molar-refractivity contribution in [3.63, 3.8) is 0 Å². The molecule has 7 heteroatoms. The van der Waals surface area contributed by atoms with E-state index in [1.165, 1.54) is 0 Å². The Morgan fingerprint density at radius 2 is 1.69 bits per heavy atom. The van der Waals surface area contributed by atoms with Gasteiger partial charge in [0.1, 0.15) is 5.01 Å². The molecule has 0 fully saturated rings. The Hall–Kier alpha value is -3.35. The van der Waals surface area contributed by atoms with E-state index in [2.05, 4.69) is 5.32 Å². The number of carbonyl (C=O) groups is 1. The fourth-order valence-corrected chi connectivity index (χ4v) is 4.28. The van der Waals surface area contributed by atoms with Crippen LogP contribution >= 0.6 is 22.9 Å². The van der Waals surface area contributed by atoms with Crippen molar-refractivity contribution in [2.45, 2.75) is 6.54 Å². The van der Waals surface area contributed by atoms with Crippen molar-refractivity contribution in [1.82, 2.24) is 10.3 Å². The number of hydrogen-bond donors (Lipinski definition) is 1. The van der Waals surface area contributed by atoms with Gasteiger partial charge >= 0.3 is 0 Å². The van der Waals surface area contributed by atoms with E-state index in [0.29, 0.717) is 28.6 Å². The molecule has 32 heavy (non-hydrogen) atoms. The van der Waals surface area contributed by atoms with Gasteiger partial charge in [0, 0.05) is 23.1 Å². The van der Waals surface area contributed by atoms with Crippen LogP contribution in [-0.2, 0) is 6.54 Å². The molecule has 1 aromatic heterocycles. The highest BCUT2D eigenvalue weighted by atomic mass is 35.5. The first-order valence-electron chi connectivity index (χ1n) is 9.89. The first-order chi connectivity index (χ1) is 15.6. The van der Waals surface area contributed by atoms with Gasteiger partial charge in [0.05, 0.1) is 30.5 Å². The van der Waals surface area contributed by atoms with Gasteiger partial charge in [-0.1, -0.05) is 48.0 Å². The molecule has 0 atom stereocenters. The number of nitrogens with one attached hydrogen (secondary N) is 1. The van der Waals surface area contributed by atoms with Crippen LogP contribution in [0.4, 0.5) is 0 Å². The average Bonchev–Trinajstić information content (AvgIpc) is 3.33. The number of hydrogen-bond acceptors (Lipinski definition) is 5. The van der Waals surface area contributed by atoms with Crippen molar-refractivity contribution < 1.29 is 14.3 Å². The Labute approximate surface area is 195 Å². The molecule has 0 unspecified atom stereocenters. The minimum atomic E-state index is -0.195. The first kappa shape index (κ1) is 21.9. The van der Waals surface area contributed by atoms with Crippen LogP contribution in [0, 0.1) is 0 Å². The monoisotopic (exact) mass is 464 g/mol. The molecule has 5 nitrogen and oxygen atoms in total. The average molecular weight is 465 g/mol. The predicted molar refractivity (Wildman–Crippen MR) is 129 cm³/mol. The van der Waals surface area contributed by atoms with E-state index in [1.807, 2.05) is 47.8 Å². The van der Waals surface area contributed by atoms with Gasteiger partial charge in [-0.15, -0.1) is 11.3 Å². The summed E-state index contributed by atoms with van der Waals surface area (Å²) in [6, 6.07) is 20.7. The topological polar surface area (TPSA) is 60.5 Å². The lowest BCUT2D eigenvalue weighted by Crippen LogP contribution is -2.23. The smallest absolute Gasteiger partial charge is 0.253 e. The minimum absolute atomic E-state index is 0.195. The van der Waals surface area contributed by atoms with Crippen LogP contribution in [0.15, 0.2) is 72.1 Å². The number of halogens is 1. The number of benzene rings is 3. The van der Waals surface area contributed by atoms with Crippen molar-refractivity contribution in [2.24, 2.45) is 0 Å². The van der Waals surface area contributed by atoms with Gasteiger partial charge in [0.15, 0.2) is 11.5 Å². The Morgan fingerprint density at radius 1 is 0.969 bits per heavy atom. The first-order valence-corrected chi connectivity index (χ1v) is 11.1. The standard InChI is InChI=1S/C25H21ClN2O3S/c1-30-22-12-11-18(13-23(22)31-2)21-15-32-25(28-21)17-9-7-16(8-10-17)14-27-24(29)19-5-3-4-6-20(19)26/h3-13,15H,14H2,1-2H3,(H,27,29). The van der Waals surface area contributed by atoms with Crippen molar-refractivity contribution in [1.29, 1.82) is 0 Å². The normalized spacial score (nSPS) is 10.6. The number of thiazole rings is 1. The van der Waals surface area contributed by atoms with Crippen LogP contribution in [-0.4, -0.2) is 25.1 Å². The van der Waals surface area contributed by atoms with Crippen molar-refractivity contribution >= 4 is 28.8 Å². The van der Waals surface area contributed by atoms with Gasteiger partial charge in [0.25, 0.3) is 5.91 Å². The van der Waals surface area contributed by atoms with Crippen LogP contribution in [0.3, 0.4) is 0 Å². The molecule has 0 saturated carbocycles. The molecular formula is C25H21ClN2O3S. The second-order valence-corrected chi connectivity index (χ2v) is 8.23. The van der Waals surface area contributed by atoms with Gasteiger partial charge in [-0.2, -0.15) is 0 Å². The third kappa shape index (κ3) is 4.77. The Morgan fingerprint density at radius 3 is 2.41 bits per heavy atom. The Balaban J connectivity index is 1.44. The fourth-order valence-electron chi connectivity index (χ4n) is 3.22. The molecule has 0 spiro atoms. The molecular weight excluding hydrogens is 444 g/mol. The molecule has 1 heterocycles. The maximum absolute atomic E-state index is 12.3. The van der Waals surface area contributed by atoms with Crippen molar-refractivity contribution in [3.8, 4) is 33.3 Å². The second-order valence-electron chi connectivity index (χ2n) is 6.97. The third-order valence-corrected chi connectivity index (χ3v) is 6.18. The quantitative estimate of drug-likeness (QED) is 0.360. The highest BCUT2D eigenvalue weighted by molar-refractivity contribution is 7.13. The molecule has 1 N–H and O–H groups in total. The van der Waals surface area contributed by atoms with Crippen LogP contribution in [0.1, 0.15) is 15.9 Å². The largest absolute Gasteiger partial charge is 0.493 e. The lowest BCUT2D eigenvalue weighted by Gasteiger charge is -2.08. The molecule has 0 aliphatic heterocycles. The summed E-state index contributed by atoms with van der Waals surface area (Å²) in [5.41, 5.74) is 4.32. The van der Waals surface area contributed by atoms with Crippen LogP contribution < -0.4 is 14.8 Å². The molecule has 4 aromatic rings. The van der Waals surface area contributed by atoms with E-state index in [0.717, 1.165) is 27.4 Å². The molecule has 0 aliphatic rings. The summed E-state index contributed by atoms with van der Waals surface area (Å²) in [7, 11) is 3.23. The van der Waals surface area contributed by atoms with Crippen molar-refractivity contribution in [2.75, 3.05) is 14.2 Å². The zero-order chi connectivity index (χ0) is 22.5. The van der Waals surface area contributed by atoms with Crippen LogP contribution in [0.2, 0.25) is 5.02 Å². The van der Waals surface area contributed by atoms with E-state index in [1.54, 1.807) is 49.8 Å². The summed E-state index contributed by atoms with van der Waals surface area (Å²) in [6.07, 6.45) is 0. The highest BCUT2D eigenvalue weighted by Gasteiger charge is 2.11. The number of rotatable bonds is 7. The van der Waals surface area contributed by atoms with E-state index in [9.17, 15) is 4.79 Å². The van der Waals surface area contributed by atoms with E-state index in [-0.39, 0.29) is 5.91 Å². The highest BCUT2D eigenvalue weighted by Crippen LogP contribution is 2.34. The molecule has 0 radical (unpaired) electrons. The van der Waals surface area contributed by atoms with Gasteiger partial charge in [-0.25, -0.2) is 4.98 Å². The predicted octanol–water partition coefficient (Wildman–Crippen LogP) is 6.08. The van der Waals surface area contributed by atoms with Crippen LogP contribution in [0.25, 0.3) is 21.8 Å². The molecule has 162 valence electrons. The lowest BCUT2D eigenvalue weighted by atomic mass is 10.1. The Bertz CT molecular complexity index is 1240. The molecule has 0 aliphatic carbocycles. The third-order valence-electron chi connectivity index (χ3n) is 4.96. The number of aromatic nitrogens is 1. The summed E-state index contributed by atoms with van der Waals surface area (Å²) >= 11 is 7.66. The summed E-state index contributed by atoms with van der Waals surface area (Å²) < 4.78 is 10.7. The molecule has 1 amide bonds. The number of methoxy groups -OCH3 is 2. The van der Waals surface area contributed by atoms with E-state index in [4.69, 9.17) is 26.1 Å². The molecule has 3 aromatic carbocycles. The summed E-state index contributed by atoms with van der Waals surface area (Å²) in [4.78, 5) is 17.1. The number of ether oxygens (including phenoxy) is 2. The number of nitrogens with zero attached hydrogens (tertiary/aromatic N) is 1. The Kier molecular flexibility index (Phi) is 6.73. The van der Waals surface area contributed by atoms with Gasteiger partial charge in [-0.3, -0.25) is 4.79 Å². The van der Waals surface area contributed by atoms with Crippen LogP contribution in [0.5, 0.6) is 11.5 Å². The van der Waals surface area contributed by atoms with E-state index < -0.39 is 0 Å². The van der Waals surface area contributed by atoms with Crippen molar-refractivity contribution in [3.05, 3.63) is 88.3 Å². The van der Waals surface area contributed by atoms with Gasteiger partial charge < -0.3 is 14.8 Å².